The van der Waals surface area contributed by atoms with Crippen LogP contribution in [0.15, 0.2) is 48.9 Å². The molecule has 0 spiro atoms. The normalized spacial score (nSPS) is 12.8. The number of benzene rings is 1. The second-order valence-corrected chi connectivity index (χ2v) is 8.13. The van der Waals surface area contributed by atoms with Gasteiger partial charge < -0.3 is 10.6 Å². The summed E-state index contributed by atoms with van der Waals surface area (Å²) >= 11 is 0. The largest absolute Gasteiger partial charge is 0.359 e. The van der Waals surface area contributed by atoms with Crippen LogP contribution in [0, 0.1) is 5.92 Å². The van der Waals surface area contributed by atoms with Crippen LogP contribution >= 0.6 is 0 Å². The number of carbonyl (C=O) groups is 2. The first-order valence-corrected chi connectivity index (χ1v) is 10.9. The number of rotatable bonds is 11. The van der Waals surface area contributed by atoms with Gasteiger partial charge in [0.1, 0.15) is 11.7 Å². The molecule has 0 saturated heterocycles. The molecule has 1 aromatic carbocycles. The van der Waals surface area contributed by atoms with E-state index in [1.807, 2.05) is 30.3 Å². The molecular formula is C23H33BN4O2. The highest BCUT2D eigenvalue weighted by atomic mass is 16.2. The van der Waals surface area contributed by atoms with Crippen molar-refractivity contribution in [2.75, 3.05) is 0 Å². The Kier molecular flexibility index (Phi) is 9.51. The summed E-state index contributed by atoms with van der Waals surface area (Å²) in [7, 11) is 0. The predicted octanol–water partition coefficient (Wildman–Crippen LogP) is 3.42. The lowest BCUT2D eigenvalue weighted by atomic mass is 9.39. The van der Waals surface area contributed by atoms with Crippen molar-refractivity contribution in [3.05, 3.63) is 60.2 Å². The van der Waals surface area contributed by atoms with E-state index in [9.17, 15) is 9.59 Å². The summed E-state index contributed by atoms with van der Waals surface area (Å²) in [5.41, 5.74) is 1.18. The second kappa shape index (κ2) is 12.1. The lowest BCUT2D eigenvalue weighted by Crippen LogP contribution is -2.54. The van der Waals surface area contributed by atoms with Crippen molar-refractivity contribution in [1.29, 1.82) is 0 Å². The smallest absolute Gasteiger partial charge is 0.272 e. The second-order valence-electron chi connectivity index (χ2n) is 8.13. The van der Waals surface area contributed by atoms with Gasteiger partial charge in [-0.3, -0.25) is 14.6 Å². The number of hydrogen-bond acceptors (Lipinski definition) is 4. The summed E-state index contributed by atoms with van der Waals surface area (Å²) in [6.45, 7) is 9.05. The Labute approximate surface area is 180 Å². The molecule has 1 heterocycles. The summed E-state index contributed by atoms with van der Waals surface area (Å²) in [6.07, 6.45) is 7.71. The van der Waals surface area contributed by atoms with Crippen molar-refractivity contribution in [2.24, 2.45) is 5.92 Å². The third-order valence-electron chi connectivity index (χ3n) is 5.37. The quantitative estimate of drug-likeness (QED) is 0.558. The van der Waals surface area contributed by atoms with Crippen LogP contribution in [-0.2, 0) is 11.2 Å². The highest BCUT2D eigenvalue weighted by Crippen LogP contribution is 2.14. The molecule has 2 unspecified atom stereocenters. The van der Waals surface area contributed by atoms with Crippen LogP contribution in [0.4, 0.5) is 0 Å². The van der Waals surface area contributed by atoms with Crippen molar-refractivity contribution < 1.29 is 9.59 Å². The van der Waals surface area contributed by atoms with Gasteiger partial charge in [0.25, 0.3) is 5.91 Å². The van der Waals surface area contributed by atoms with Gasteiger partial charge in [0, 0.05) is 24.8 Å². The van der Waals surface area contributed by atoms with Gasteiger partial charge in [0.15, 0.2) is 6.71 Å². The first-order valence-electron chi connectivity index (χ1n) is 10.9. The highest BCUT2D eigenvalue weighted by molar-refractivity contribution is 6.60. The van der Waals surface area contributed by atoms with Gasteiger partial charge >= 0.3 is 0 Å². The summed E-state index contributed by atoms with van der Waals surface area (Å²) in [5, 5.41) is 6.10. The maximum absolute atomic E-state index is 13.3. The van der Waals surface area contributed by atoms with E-state index in [4.69, 9.17) is 0 Å². The van der Waals surface area contributed by atoms with Crippen LogP contribution in [-0.4, -0.2) is 40.5 Å². The summed E-state index contributed by atoms with van der Waals surface area (Å²) in [5.74, 6) is -0.00684. The number of nitrogens with one attached hydrogen (secondary N) is 2. The third-order valence-corrected chi connectivity index (χ3v) is 5.37. The van der Waals surface area contributed by atoms with Gasteiger partial charge in [-0.1, -0.05) is 70.7 Å². The average Bonchev–Trinajstić information content (AvgIpc) is 2.75. The van der Waals surface area contributed by atoms with E-state index in [1.54, 1.807) is 0 Å². The lowest BCUT2D eigenvalue weighted by molar-refractivity contribution is -0.123. The van der Waals surface area contributed by atoms with Gasteiger partial charge in [-0.15, -0.1) is 0 Å². The van der Waals surface area contributed by atoms with Crippen LogP contribution in [0.25, 0.3) is 0 Å². The minimum atomic E-state index is -0.689. The molecule has 1 aromatic heterocycles. The number of aromatic nitrogens is 2. The SMILES string of the molecule is CCB(CC)C(CC(C)C)NC(=O)C(Cc1ccccc1)NC(=O)c1cnccn1. The van der Waals surface area contributed by atoms with Crippen LogP contribution in [0.1, 0.15) is 50.2 Å². The molecule has 0 aliphatic rings. The summed E-state index contributed by atoms with van der Waals surface area (Å²) in [4.78, 5) is 33.9. The van der Waals surface area contributed by atoms with Crippen molar-refractivity contribution in [3.8, 4) is 0 Å². The summed E-state index contributed by atoms with van der Waals surface area (Å²) in [6, 6.07) is 9.03. The zero-order chi connectivity index (χ0) is 21.9. The average molecular weight is 408 g/mol. The maximum Gasteiger partial charge on any atom is 0.272 e. The van der Waals surface area contributed by atoms with Crippen molar-refractivity contribution in [1.82, 2.24) is 20.6 Å². The molecule has 6 nitrogen and oxygen atoms in total. The van der Waals surface area contributed by atoms with E-state index in [-0.39, 0.29) is 17.5 Å². The Morgan fingerprint density at radius 3 is 2.30 bits per heavy atom. The molecule has 2 amide bonds. The monoisotopic (exact) mass is 408 g/mol. The Balaban J connectivity index is 2.20. The van der Waals surface area contributed by atoms with E-state index in [1.165, 1.54) is 18.6 Å². The molecule has 2 N–H and O–H groups in total. The molecule has 0 bridgehead atoms. The number of amides is 2. The van der Waals surface area contributed by atoms with Gasteiger partial charge in [-0.25, -0.2) is 4.98 Å². The molecule has 0 radical (unpaired) electrons. The number of carbonyl (C=O) groups excluding carboxylic acids is 2. The molecule has 0 saturated carbocycles. The van der Waals surface area contributed by atoms with Crippen molar-refractivity contribution in [2.45, 2.75) is 65.2 Å². The molecule has 2 atom stereocenters. The van der Waals surface area contributed by atoms with E-state index in [2.05, 4.69) is 48.3 Å². The molecule has 2 aromatic rings. The molecule has 7 heteroatoms. The number of nitrogens with zero attached hydrogens (tertiary/aromatic N) is 2. The number of hydrogen-bond donors (Lipinski definition) is 2. The van der Waals surface area contributed by atoms with Crippen LogP contribution in [0.2, 0.25) is 12.6 Å². The zero-order valence-electron chi connectivity index (χ0n) is 18.5. The first kappa shape index (κ1) is 23.6. The van der Waals surface area contributed by atoms with E-state index < -0.39 is 11.9 Å². The Hall–Kier alpha value is -2.70. The summed E-state index contributed by atoms with van der Waals surface area (Å²) < 4.78 is 0. The van der Waals surface area contributed by atoms with Crippen LogP contribution in [0.3, 0.4) is 0 Å². The molecular weight excluding hydrogens is 375 g/mol. The topological polar surface area (TPSA) is 84.0 Å². The van der Waals surface area contributed by atoms with Gasteiger partial charge in [-0.05, 0) is 17.9 Å². The molecule has 160 valence electrons. The van der Waals surface area contributed by atoms with Crippen molar-refractivity contribution >= 4 is 18.5 Å². The van der Waals surface area contributed by atoms with Crippen LogP contribution in [0.5, 0.6) is 0 Å². The Morgan fingerprint density at radius 2 is 1.73 bits per heavy atom. The van der Waals surface area contributed by atoms with Gasteiger partial charge in [0.2, 0.25) is 5.91 Å². The molecule has 0 aliphatic carbocycles. The standard InChI is InChI=1S/C23H33BN4O2/c1-5-24(6-2)21(14-17(3)4)28-22(29)19(15-18-10-8-7-9-11-18)27-23(30)20-16-25-12-13-26-20/h7-13,16-17,19,21H,5-6,14-15H2,1-4H3,(H,27,30)(H,28,29). The van der Waals surface area contributed by atoms with E-state index in [0.717, 1.165) is 24.6 Å². The fourth-order valence-corrected chi connectivity index (χ4v) is 3.73. The van der Waals surface area contributed by atoms with E-state index >= 15 is 0 Å². The predicted molar refractivity (Wildman–Crippen MR) is 122 cm³/mol. The highest BCUT2D eigenvalue weighted by Gasteiger charge is 2.29. The third kappa shape index (κ3) is 7.28. The first-order chi connectivity index (χ1) is 14.4. The van der Waals surface area contributed by atoms with Gasteiger partial charge in [0.05, 0.1) is 6.20 Å². The molecule has 2 rings (SSSR count). The molecule has 0 fully saturated rings. The Bertz CT molecular complexity index is 782. The minimum absolute atomic E-state index is 0.0826. The minimum Gasteiger partial charge on any atom is -0.359 e. The molecule has 30 heavy (non-hydrogen) atoms. The fourth-order valence-electron chi connectivity index (χ4n) is 3.73. The molecule has 0 aliphatic heterocycles. The zero-order valence-corrected chi connectivity index (χ0v) is 18.5. The van der Waals surface area contributed by atoms with Gasteiger partial charge in [-0.2, -0.15) is 0 Å². The maximum atomic E-state index is 13.3. The van der Waals surface area contributed by atoms with E-state index in [0.29, 0.717) is 19.1 Å². The Morgan fingerprint density at radius 1 is 1.03 bits per heavy atom. The van der Waals surface area contributed by atoms with Crippen molar-refractivity contribution in [3.63, 3.8) is 0 Å². The fraction of sp³-hybridized carbons (Fsp3) is 0.478. The van der Waals surface area contributed by atoms with Crippen LogP contribution < -0.4 is 10.6 Å². The lowest BCUT2D eigenvalue weighted by Gasteiger charge is -2.28.